The zero-order valence-corrected chi connectivity index (χ0v) is 12.2. The highest BCUT2D eigenvalue weighted by atomic mass is 16.6. The van der Waals surface area contributed by atoms with Crippen molar-refractivity contribution in [3.8, 4) is 5.75 Å². The Labute approximate surface area is 128 Å². The molecular formula is C18H15NO3. The topological polar surface area (TPSA) is 52.4 Å². The van der Waals surface area contributed by atoms with Crippen LogP contribution in [0.3, 0.4) is 0 Å². The van der Waals surface area contributed by atoms with Crippen LogP contribution in [0.15, 0.2) is 60.7 Å². The maximum absolute atomic E-state index is 11.0. The third-order valence-electron chi connectivity index (χ3n) is 3.55. The predicted molar refractivity (Wildman–Crippen MR) is 86.1 cm³/mol. The summed E-state index contributed by atoms with van der Waals surface area (Å²) in [4.78, 5) is 10.6. The van der Waals surface area contributed by atoms with Gasteiger partial charge in [0, 0.05) is 6.07 Å². The largest absolute Gasteiger partial charge is 0.489 e. The lowest BCUT2D eigenvalue weighted by molar-refractivity contribution is -0.385. The third-order valence-corrected chi connectivity index (χ3v) is 3.55. The van der Waals surface area contributed by atoms with Crippen molar-refractivity contribution >= 4 is 16.5 Å². The summed E-state index contributed by atoms with van der Waals surface area (Å²) in [6, 6.07) is 18.7. The average molecular weight is 293 g/mol. The normalized spacial score (nSPS) is 10.6. The molecule has 0 radical (unpaired) electrons. The SMILES string of the molecule is Cc1ccc2cc(OCc3ccccc3[N+](=O)[O-])ccc2c1. The molecule has 0 saturated heterocycles. The summed E-state index contributed by atoms with van der Waals surface area (Å²) in [6.07, 6.45) is 0. The number of aryl methyl sites for hydroxylation is 1. The van der Waals surface area contributed by atoms with E-state index in [1.54, 1.807) is 18.2 Å². The van der Waals surface area contributed by atoms with Gasteiger partial charge >= 0.3 is 0 Å². The van der Waals surface area contributed by atoms with Crippen molar-refractivity contribution in [3.05, 3.63) is 81.9 Å². The van der Waals surface area contributed by atoms with Gasteiger partial charge in [-0.2, -0.15) is 0 Å². The van der Waals surface area contributed by atoms with Gasteiger partial charge in [-0.15, -0.1) is 0 Å². The second-order valence-corrected chi connectivity index (χ2v) is 5.19. The van der Waals surface area contributed by atoms with Crippen LogP contribution in [0, 0.1) is 17.0 Å². The van der Waals surface area contributed by atoms with Crippen LogP contribution in [0.5, 0.6) is 5.75 Å². The molecule has 4 heteroatoms. The summed E-state index contributed by atoms with van der Waals surface area (Å²) in [7, 11) is 0. The van der Waals surface area contributed by atoms with Gasteiger partial charge in [0.15, 0.2) is 0 Å². The number of para-hydroxylation sites is 1. The van der Waals surface area contributed by atoms with Crippen molar-refractivity contribution in [2.45, 2.75) is 13.5 Å². The van der Waals surface area contributed by atoms with Gasteiger partial charge in [0.2, 0.25) is 0 Å². The highest BCUT2D eigenvalue weighted by Gasteiger charge is 2.12. The summed E-state index contributed by atoms with van der Waals surface area (Å²) in [5, 5.41) is 13.2. The average Bonchev–Trinajstić information content (AvgIpc) is 2.53. The number of hydrogen-bond donors (Lipinski definition) is 0. The van der Waals surface area contributed by atoms with Gasteiger partial charge in [-0.3, -0.25) is 10.1 Å². The molecule has 0 fully saturated rings. The van der Waals surface area contributed by atoms with E-state index in [1.165, 1.54) is 11.6 Å². The molecule has 0 aliphatic carbocycles. The Balaban J connectivity index is 1.82. The molecule has 3 aromatic rings. The molecule has 0 aromatic heterocycles. The number of nitro benzene ring substituents is 1. The van der Waals surface area contributed by atoms with E-state index in [4.69, 9.17) is 4.74 Å². The van der Waals surface area contributed by atoms with Crippen molar-refractivity contribution in [2.75, 3.05) is 0 Å². The van der Waals surface area contributed by atoms with Gasteiger partial charge in [0.1, 0.15) is 12.4 Å². The fraction of sp³-hybridized carbons (Fsp3) is 0.111. The lowest BCUT2D eigenvalue weighted by atomic mass is 10.1. The van der Waals surface area contributed by atoms with Crippen LogP contribution >= 0.6 is 0 Å². The smallest absolute Gasteiger partial charge is 0.276 e. The summed E-state index contributed by atoms with van der Waals surface area (Å²) in [5.41, 5.74) is 1.86. The van der Waals surface area contributed by atoms with Crippen LogP contribution < -0.4 is 4.74 Å². The Morgan fingerprint density at radius 1 is 1.00 bits per heavy atom. The molecule has 0 unspecified atom stereocenters. The first-order chi connectivity index (χ1) is 10.6. The maximum Gasteiger partial charge on any atom is 0.276 e. The first kappa shape index (κ1) is 14.1. The second-order valence-electron chi connectivity index (χ2n) is 5.19. The van der Waals surface area contributed by atoms with Crippen LogP contribution in [0.2, 0.25) is 0 Å². The monoisotopic (exact) mass is 293 g/mol. The number of rotatable bonds is 4. The molecule has 3 rings (SSSR count). The molecule has 22 heavy (non-hydrogen) atoms. The highest BCUT2D eigenvalue weighted by Crippen LogP contribution is 2.24. The molecule has 0 spiro atoms. The maximum atomic E-state index is 11.0. The van der Waals surface area contributed by atoms with Crippen molar-refractivity contribution in [1.82, 2.24) is 0 Å². The van der Waals surface area contributed by atoms with Gasteiger partial charge in [0.05, 0.1) is 10.5 Å². The molecule has 0 saturated carbocycles. The van der Waals surface area contributed by atoms with E-state index >= 15 is 0 Å². The second kappa shape index (κ2) is 5.85. The zero-order chi connectivity index (χ0) is 15.5. The number of fused-ring (bicyclic) bond motifs is 1. The van der Waals surface area contributed by atoms with Crippen molar-refractivity contribution in [1.29, 1.82) is 0 Å². The molecule has 110 valence electrons. The van der Waals surface area contributed by atoms with E-state index in [-0.39, 0.29) is 17.2 Å². The summed E-state index contributed by atoms with van der Waals surface area (Å²) in [5.74, 6) is 0.703. The van der Waals surface area contributed by atoms with Gasteiger partial charge in [0.25, 0.3) is 5.69 Å². The third kappa shape index (κ3) is 2.91. The number of ether oxygens (including phenoxy) is 1. The minimum Gasteiger partial charge on any atom is -0.489 e. The molecule has 0 atom stereocenters. The Morgan fingerprint density at radius 3 is 2.55 bits per heavy atom. The van der Waals surface area contributed by atoms with Gasteiger partial charge in [-0.25, -0.2) is 0 Å². The number of benzene rings is 3. The Morgan fingerprint density at radius 2 is 1.73 bits per heavy atom. The quantitative estimate of drug-likeness (QED) is 0.520. The Bertz CT molecular complexity index is 843. The van der Waals surface area contributed by atoms with Crippen LogP contribution in [0.25, 0.3) is 10.8 Å². The molecule has 4 nitrogen and oxygen atoms in total. The molecular weight excluding hydrogens is 278 g/mol. The predicted octanol–water partition coefficient (Wildman–Crippen LogP) is 4.64. The molecule has 3 aromatic carbocycles. The molecule has 0 heterocycles. The molecule has 0 aliphatic rings. The molecule has 0 amide bonds. The number of nitrogens with zero attached hydrogens (tertiary/aromatic N) is 1. The van der Waals surface area contributed by atoms with Crippen LogP contribution in [-0.4, -0.2) is 4.92 Å². The number of nitro groups is 1. The van der Waals surface area contributed by atoms with Gasteiger partial charge < -0.3 is 4.74 Å². The first-order valence-electron chi connectivity index (χ1n) is 6.99. The van der Waals surface area contributed by atoms with Crippen molar-refractivity contribution in [2.24, 2.45) is 0 Å². The summed E-state index contributed by atoms with van der Waals surface area (Å²) in [6.45, 7) is 2.23. The standard InChI is InChI=1S/C18H15NO3/c1-13-6-7-15-11-17(9-8-14(15)10-13)22-12-16-4-2-3-5-18(16)19(20)21/h2-11H,12H2,1H3. The van der Waals surface area contributed by atoms with E-state index < -0.39 is 0 Å². The van der Waals surface area contributed by atoms with Crippen LogP contribution in [0.1, 0.15) is 11.1 Å². The fourth-order valence-electron chi connectivity index (χ4n) is 2.41. The molecule has 0 aliphatic heterocycles. The van der Waals surface area contributed by atoms with E-state index in [0.717, 1.165) is 10.8 Å². The van der Waals surface area contributed by atoms with E-state index in [0.29, 0.717) is 11.3 Å². The van der Waals surface area contributed by atoms with Gasteiger partial charge in [-0.1, -0.05) is 42.0 Å². The lowest BCUT2D eigenvalue weighted by Gasteiger charge is -2.08. The van der Waals surface area contributed by atoms with Crippen molar-refractivity contribution < 1.29 is 9.66 Å². The van der Waals surface area contributed by atoms with E-state index in [9.17, 15) is 10.1 Å². The van der Waals surface area contributed by atoms with Crippen LogP contribution in [-0.2, 0) is 6.61 Å². The summed E-state index contributed by atoms with van der Waals surface area (Å²) >= 11 is 0. The molecule has 0 N–H and O–H groups in total. The highest BCUT2D eigenvalue weighted by molar-refractivity contribution is 5.84. The zero-order valence-electron chi connectivity index (χ0n) is 12.2. The van der Waals surface area contributed by atoms with Gasteiger partial charge in [-0.05, 0) is 35.9 Å². The van der Waals surface area contributed by atoms with E-state index in [2.05, 4.69) is 13.0 Å². The first-order valence-corrected chi connectivity index (χ1v) is 6.99. The number of hydrogen-bond acceptors (Lipinski definition) is 3. The lowest BCUT2D eigenvalue weighted by Crippen LogP contribution is -2.00. The fourth-order valence-corrected chi connectivity index (χ4v) is 2.41. The minimum atomic E-state index is -0.387. The van der Waals surface area contributed by atoms with Crippen molar-refractivity contribution in [3.63, 3.8) is 0 Å². The molecule has 0 bridgehead atoms. The van der Waals surface area contributed by atoms with Crippen LogP contribution in [0.4, 0.5) is 5.69 Å². The Hall–Kier alpha value is -2.88. The summed E-state index contributed by atoms with van der Waals surface area (Å²) < 4.78 is 5.72. The Kier molecular flexibility index (Phi) is 3.74. The minimum absolute atomic E-state index is 0.0823. The van der Waals surface area contributed by atoms with E-state index in [1.807, 2.05) is 30.3 Å².